The molecule has 2 atom stereocenters. The van der Waals surface area contributed by atoms with E-state index in [1.807, 2.05) is 11.8 Å². The third kappa shape index (κ3) is 3.52. The highest BCUT2D eigenvalue weighted by molar-refractivity contribution is 8.14. The highest BCUT2D eigenvalue weighted by Crippen LogP contribution is 2.20. The van der Waals surface area contributed by atoms with Crippen molar-refractivity contribution in [2.24, 2.45) is 10.9 Å². The van der Waals surface area contributed by atoms with Crippen molar-refractivity contribution in [3.8, 4) is 0 Å². The van der Waals surface area contributed by atoms with Crippen molar-refractivity contribution in [1.82, 2.24) is 5.32 Å². The van der Waals surface area contributed by atoms with Gasteiger partial charge in [0.25, 0.3) is 0 Å². The molecule has 0 saturated carbocycles. The van der Waals surface area contributed by atoms with Crippen LogP contribution in [-0.2, 0) is 0 Å². The van der Waals surface area contributed by atoms with Gasteiger partial charge in [0.1, 0.15) is 0 Å². The molecule has 1 fully saturated rings. The Morgan fingerprint density at radius 2 is 2.00 bits per heavy atom. The Balaban J connectivity index is 1.88. The number of benzene rings is 1. The van der Waals surface area contributed by atoms with Crippen molar-refractivity contribution in [2.45, 2.75) is 32.7 Å². The maximum Gasteiger partial charge on any atom is 0.156 e. The van der Waals surface area contributed by atoms with Crippen molar-refractivity contribution in [3.05, 3.63) is 35.9 Å². The highest BCUT2D eigenvalue weighted by atomic mass is 32.2. The Morgan fingerprint density at radius 1 is 1.28 bits per heavy atom. The summed E-state index contributed by atoms with van der Waals surface area (Å²) in [6, 6.07) is 11.2. The predicted molar refractivity (Wildman–Crippen MR) is 81.4 cm³/mol. The van der Waals surface area contributed by atoms with Crippen LogP contribution in [0.4, 0.5) is 0 Å². The number of hydrogen-bond acceptors (Lipinski definition) is 2. The van der Waals surface area contributed by atoms with Crippen LogP contribution >= 0.6 is 11.8 Å². The molecule has 0 amide bonds. The number of nitrogens with one attached hydrogen (secondary N) is 1. The Morgan fingerprint density at radius 3 is 2.61 bits per heavy atom. The second kappa shape index (κ2) is 6.28. The van der Waals surface area contributed by atoms with Crippen LogP contribution in [0.15, 0.2) is 35.3 Å². The molecule has 18 heavy (non-hydrogen) atoms. The zero-order valence-electron chi connectivity index (χ0n) is 11.4. The SMILES string of the molecule is CC(CN=C1NC(C(C)C)CS1)c1ccccc1. The first kappa shape index (κ1) is 13.5. The van der Waals surface area contributed by atoms with Crippen LogP contribution in [0.25, 0.3) is 0 Å². The van der Waals surface area contributed by atoms with Gasteiger partial charge in [-0.05, 0) is 11.5 Å². The van der Waals surface area contributed by atoms with Crippen molar-refractivity contribution < 1.29 is 0 Å². The van der Waals surface area contributed by atoms with E-state index in [1.165, 1.54) is 5.56 Å². The minimum Gasteiger partial charge on any atom is -0.361 e. The summed E-state index contributed by atoms with van der Waals surface area (Å²) in [4.78, 5) is 4.70. The molecule has 1 saturated heterocycles. The van der Waals surface area contributed by atoms with E-state index in [2.05, 4.69) is 56.4 Å². The predicted octanol–water partition coefficient (Wildman–Crippen LogP) is 3.51. The van der Waals surface area contributed by atoms with E-state index in [4.69, 9.17) is 4.99 Å². The first-order chi connectivity index (χ1) is 8.66. The van der Waals surface area contributed by atoms with Gasteiger partial charge in [0.15, 0.2) is 5.17 Å². The Labute approximate surface area is 114 Å². The Hall–Kier alpha value is -0.960. The lowest BCUT2D eigenvalue weighted by Gasteiger charge is -2.13. The van der Waals surface area contributed by atoms with Crippen molar-refractivity contribution in [2.75, 3.05) is 12.3 Å². The van der Waals surface area contributed by atoms with Crippen molar-refractivity contribution >= 4 is 16.9 Å². The van der Waals surface area contributed by atoms with Crippen molar-refractivity contribution in [3.63, 3.8) is 0 Å². The summed E-state index contributed by atoms with van der Waals surface area (Å²) < 4.78 is 0. The molecule has 3 heteroatoms. The third-order valence-corrected chi connectivity index (χ3v) is 4.44. The molecule has 0 aliphatic carbocycles. The smallest absolute Gasteiger partial charge is 0.156 e. The fourth-order valence-electron chi connectivity index (χ4n) is 1.97. The van der Waals surface area contributed by atoms with Crippen LogP contribution < -0.4 is 5.32 Å². The van der Waals surface area contributed by atoms with Gasteiger partial charge in [0, 0.05) is 24.3 Å². The number of amidine groups is 1. The molecule has 1 aliphatic heterocycles. The van der Waals surface area contributed by atoms with Gasteiger partial charge in [0.2, 0.25) is 0 Å². The summed E-state index contributed by atoms with van der Waals surface area (Å²) in [5.41, 5.74) is 1.37. The van der Waals surface area contributed by atoms with E-state index in [0.29, 0.717) is 17.9 Å². The standard InChI is InChI=1S/C15H22N2S/c1-11(2)14-10-18-15(17-14)16-9-12(3)13-7-5-4-6-8-13/h4-8,11-12,14H,9-10H2,1-3H3,(H,16,17). The lowest BCUT2D eigenvalue weighted by atomic mass is 10.0. The molecule has 1 aliphatic rings. The second-order valence-corrected chi connectivity index (χ2v) is 6.27. The van der Waals surface area contributed by atoms with E-state index in [-0.39, 0.29) is 0 Å². The average Bonchev–Trinajstić information content (AvgIpc) is 2.86. The van der Waals surface area contributed by atoms with Crippen molar-refractivity contribution in [1.29, 1.82) is 0 Å². The number of rotatable bonds is 4. The molecule has 2 nitrogen and oxygen atoms in total. The fourth-order valence-corrected chi connectivity index (χ4v) is 3.17. The molecular formula is C15H22N2S. The summed E-state index contributed by atoms with van der Waals surface area (Å²) in [5, 5.41) is 4.63. The number of aliphatic imine (C=N–C) groups is 1. The second-order valence-electron chi connectivity index (χ2n) is 5.26. The summed E-state index contributed by atoms with van der Waals surface area (Å²) >= 11 is 1.85. The highest BCUT2D eigenvalue weighted by Gasteiger charge is 2.22. The lowest BCUT2D eigenvalue weighted by Crippen LogP contribution is -2.31. The van der Waals surface area contributed by atoms with Gasteiger partial charge in [-0.3, -0.25) is 4.99 Å². The summed E-state index contributed by atoms with van der Waals surface area (Å²) in [7, 11) is 0. The van der Waals surface area contributed by atoms with Gasteiger partial charge in [0.05, 0.1) is 0 Å². The molecule has 98 valence electrons. The van der Waals surface area contributed by atoms with Crippen LogP contribution in [0.1, 0.15) is 32.3 Å². The van der Waals surface area contributed by atoms with E-state index < -0.39 is 0 Å². The molecular weight excluding hydrogens is 240 g/mol. The monoisotopic (exact) mass is 262 g/mol. The van der Waals surface area contributed by atoms with Crippen LogP contribution in [0.5, 0.6) is 0 Å². The Kier molecular flexibility index (Phi) is 4.70. The van der Waals surface area contributed by atoms with Crippen LogP contribution in [0.3, 0.4) is 0 Å². The maximum atomic E-state index is 4.70. The number of thioether (sulfide) groups is 1. The molecule has 0 spiro atoms. The normalized spacial score (nSPS) is 23.3. The quantitative estimate of drug-likeness (QED) is 0.898. The first-order valence-electron chi connectivity index (χ1n) is 6.65. The van der Waals surface area contributed by atoms with Crippen LogP contribution in [0, 0.1) is 5.92 Å². The molecule has 2 unspecified atom stereocenters. The molecule has 1 N–H and O–H groups in total. The van der Waals surface area contributed by atoms with E-state index >= 15 is 0 Å². The summed E-state index contributed by atoms with van der Waals surface area (Å²) in [6.45, 7) is 7.62. The zero-order chi connectivity index (χ0) is 13.0. The number of hydrogen-bond donors (Lipinski definition) is 1. The molecule has 0 bridgehead atoms. The molecule has 0 aromatic heterocycles. The minimum absolute atomic E-state index is 0.485. The first-order valence-corrected chi connectivity index (χ1v) is 7.64. The largest absolute Gasteiger partial charge is 0.361 e. The fraction of sp³-hybridized carbons (Fsp3) is 0.533. The summed E-state index contributed by atoms with van der Waals surface area (Å²) in [6.07, 6.45) is 0. The molecule has 1 aromatic carbocycles. The van der Waals surface area contributed by atoms with E-state index in [1.54, 1.807) is 0 Å². The topological polar surface area (TPSA) is 24.4 Å². The molecule has 2 rings (SSSR count). The minimum atomic E-state index is 0.485. The lowest BCUT2D eigenvalue weighted by molar-refractivity contribution is 0.503. The zero-order valence-corrected chi connectivity index (χ0v) is 12.2. The van der Waals surface area contributed by atoms with Gasteiger partial charge in [-0.1, -0.05) is 62.9 Å². The maximum absolute atomic E-state index is 4.70. The average molecular weight is 262 g/mol. The van der Waals surface area contributed by atoms with Gasteiger partial charge in [-0.2, -0.15) is 0 Å². The molecule has 0 radical (unpaired) electrons. The van der Waals surface area contributed by atoms with Gasteiger partial charge >= 0.3 is 0 Å². The van der Waals surface area contributed by atoms with Gasteiger partial charge in [-0.25, -0.2) is 0 Å². The van der Waals surface area contributed by atoms with E-state index in [0.717, 1.165) is 17.5 Å². The Bertz CT molecular complexity index is 400. The van der Waals surface area contributed by atoms with Crippen LogP contribution in [-0.4, -0.2) is 23.5 Å². The van der Waals surface area contributed by atoms with E-state index in [9.17, 15) is 0 Å². The number of nitrogens with zero attached hydrogens (tertiary/aromatic N) is 1. The molecule has 1 heterocycles. The van der Waals surface area contributed by atoms with Gasteiger partial charge < -0.3 is 5.32 Å². The molecule has 1 aromatic rings. The van der Waals surface area contributed by atoms with Gasteiger partial charge in [-0.15, -0.1) is 0 Å². The third-order valence-electron chi connectivity index (χ3n) is 3.39. The summed E-state index contributed by atoms with van der Waals surface area (Å²) in [5.74, 6) is 2.31. The van der Waals surface area contributed by atoms with Crippen LogP contribution in [0.2, 0.25) is 0 Å².